The van der Waals surface area contributed by atoms with Crippen LogP contribution in [0.3, 0.4) is 0 Å². The fourth-order valence-corrected chi connectivity index (χ4v) is 3.72. The molecule has 34 heavy (non-hydrogen) atoms. The lowest BCUT2D eigenvalue weighted by atomic mass is 10.2. The molecule has 0 saturated carbocycles. The van der Waals surface area contributed by atoms with Gasteiger partial charge in [-0.1, -0.05) is 0 Å². The van der Waals surface area contributed by atoms with Crippen molar-refractivity contribution < 1.29 is 28.4 Å². The summed E-state index contributed by atoms with van der Waals surface area (Å²) < 4.78 is 25.3. The number of nitro benzene ring substituents is 1. The molecular formula is C23H23FN4O6. The quantitative estimate of drug-likeness (QED) is 0.376. The molecule has 2 amide bonds. The Morgan fingerprint density at radius 1 is 1.21 bits per heavy atom. The van der Waals surface area contributed by atoms with Crippen LogP contribution in [0, 0.1) is 15.9 Å². The number of benzene rings is 2. The second-order valence-electron chi connectivity index (χ2n) is 7.78. The highest BCUT2D eigenvalue weighted by Crippen LogP contribution is 2.28. The SMILES string of the molecule is O=C(C=Cc1ccc([N+](=O)[O-])cc1)NCC1CN(c2ccc(N3CCOCC3)c(F)c2)C(=O)O1. The molecule has 0 bridgehead atoms. The van der Waals surface area contributed by atoms with Crippen LogP contribution >= 0.6 is 0 Å². The molecule has 2 saturated heterocycles. The van der Waals surface area contributed by atoms with E-state index < -0.39 is 28.8 Å². The standard InChI is InChI=1S/C23H23FN4O6/c24-20-13-18(6-7-21(20)26-9-11-33-12-10-26)27-15-19(34-23(27)30)14-25-22(29)8-3-16-1-4-17(5-2-16)28(31)32/h1-8,13,19H,9-12,14-15H2,(H,25,29). The minimum atomic E-state index is -0.612. The summed E-state index contributed by atoms with van der Waals surface area (Å²) in [5, 5.41) is 13.3. The van der Waals surface area contributed by atoms with Crippen molar-refractivity contribution >= 4 is 35.1 Å². The normalized spacial score (nSPS) is 18.3. The summed E-state index contributed by atoms with van der Waals surface area (Å²) in [4.78, 5) is 37.8. The molecule has 2 aromatic carbocycles. The summed E-state index contributed by atoms with van der Waals surface area (Å²) in [5.74, 6) is -0.839. The Kier molecular flexibility index (Phi) is 7.02. The maximum atomic E-state index is 14.7. The summed E-state index contributed by atoms with van der Waals surface area (Å²) >= 11 is 0. The van der Waals surface area contributed by atoms with E-state index in [1.807, 2.05) is 4.90 Å². The topological polar surface area (TPSA) is 114 Å². The smallest absolute Gasteiger partial charge is 0.414 e. The fraction of sp³-hybridized carbons (Fsp3) is 0.304. The van der Waals surface area contributed by atoms with E-state index >= 15 is 0 Å². The predicted octanol–water partition coefficient (Wildman–Crippen LogP) is 2.73. The van der Waals surface area contributed by atoms with Gasteiger partial charge >= 0.3 is 6.09 Å². The molecule has 1 N–H and O–H groups in total. The van der Waals surface area contributed by atoms with Crippen LogP contribution in [0.1, 0.15) is 5.56 Å². The van der Waals surface area contributed by atoms with Crippen LogP contribution in [-0.2, 0) is 14.3 Å². The van der Waals surface area contributed by atoms with Crippen LogP contribution in [0.5, 0.6) is 0 Å². The van der Waals surface area contributed by atoms with Gasteiger partial charge in [0.2, 0.25) is 5.91 Å². The number of nitro groups is 1. The van der Waals surface area contributed by atoms with Crippen molar-refractivity contribution in [1.29, 1.82) is 0 Å². The molecular weight excluding hydrogens is 447 g/mol. The second kappa shape index (κ2) is 10.3. The number of halogens is 1. The fourth-order valence-electron chi connectivity index (χ4n) is 3.72. The zero-order chi connectivity index (χ0) is 24.1. The number of carbonyl (C=O) groups is 2. The van der Waals surface area contributed by atoms with Gasteiger partial charge in [0, 0.05) is 31.3 Å². The molecule has 4 rings (SSSR count). The van der Waals surface area contributed by atoms with E-state index in [0.29, 0.717) is 43.2 Å². The Morgan fingerprint density at radius 2 is 1.94 bits per heavy atom. The Balaban J connectivity index is 1.30. The van der Waals surface area contributed by atoms with Crippen molar-refractivity contribution in [3.05, 3.63) is 70.0 Å². The lowest BCUT2D eigenvalue weighted by Gasteiger charge is -2.29. The summed E-state index contributed by atoms with van der Waals surface area (Å²) in [6.07, 6.45) is 1.60. The van der Waals surface area contributed by atoms with Crippen LogP contribution in [0.15, 0.2) is 48.5 Å². The number of carbonyl (C=O) groups excluding carboxylic acids is 2. The average molecular weight is 470 g/mol. The minimum Gasteiger partial charge on any atom is -0.442 e. The van der Waals surface area contributed by atoms with Gasteiger partial charge in [-0.05, 0) is 42.0 Å². The third-order valence-electron chi connectivity index (χ3n) is 5.50. The van der Waals surface area contributed by atoms with Crippen LogP contribution < -0.4 is 15.1 Å². The lowest BCUT2D eigenvalue weighted by Crippen LogP contribution is -2.36. The van der Waals surface area contributed by atoms with Crippen molar-refractivity contribution in [1.82, 2.24) is 5.32 Å². The molecule has 2 heterocycles. The van der Waals surface area contributed by atoms with E-state index in [4.69, 9.17) is 9.47 Å². The van der Waals surface area contributed by atoms with E-state index in [9.17, 15) is 24.1 Å². The number of hydrogen-bond donors (Lipinski definition) is 1. The number of ether oxygens (including phenoxy) is 2. The van der Waals surface area contributed by atoms with Crippen LogP contribution in [0.2, 0.25) is 0 Å². The Bertz CT molecular complexity index is 1100. The lowest BCUT2D eigenvalue weighted by molar-refractivity contribution is -0.384. The molecule has 0 aromatic heterocycles. The van der Waals surface area contributed by atoms with Gasteiger partial charge in [-0.2, -0.15) is 0 Å². The highest BCUT2D eigenvalue weighted by molar-refractivity contribution is 5.92. The zero-order valence-electron chi connectivity index (χ0n) is 18.2. The maximum absolute atomic E-state index is 14.7. The Hall–Kier alpha value is -3.99. The molecule has 0 aliphatic carbocycles. The molecule has 1 unspecified atom stereocenters. The van der Waals surface area contributed by atoms with E-state index in [0.717, 1.165) is 0 Å². The van der Waals surface area contributed by atoms with Crippen LogP contribution in [0.4, 0.5) is 26.2 Å². The van der Waals surface area contributed by atoms with Gasteiger partial charge in [0.15, 0.2) is 0 Å². The second-order valence-corrected chi connectivity index (χ2v) is 7.78. The van der Waals surface area contributed by atoms with Crippen LogP contribution in [-0.4, -0.2) is 62.4 Å². The highest BCUT2D eigenvalue weighted by Gasteiger charge is 2.33. The van der Waals surface area contributed by atoms with Crippen LogP contribution in [0.25, 0.3) is 6.08 Å². The number of anilines is 2. The Labute approximate surface area is 194 Å². The molecule has 10 nitrogen and oxygen atoms in total. The molecule has 2 aliphatic rings. The first kappa shape index (κ1) is 23.2. The number of amides is 2. The zero-order valence-corrected chi connectivity index (χ0v) is 18.2. The number of morpholine rings is 1. The van der Waals surface area contributed by atoms with Gasteiger partial charge in [0.1, 0.15) is 11.9 Å². The number of non-ortho nitro benzene ring substituents is 1. The molecule has 178 valence electrons. The number of rotatable bonds is 7. The average Bonchev–Trinajstić information content (AvgIpc) is 3.22. The van der Waals surface area contributed by atoms with Crippen molar-refractivity contribution in [3.8, 4) is 0 Å². The Morgan fingerprint density at radius 3 is 2.62 bits per heavy atom. The summed E-state index contributed by atoms with van der Waals surface area (Å²) in [6.45, 7) is 2.53. The van der Waals surface area contributed by atoms with Gasteiger partial charge in [-0.15, -0.1) is 0 Å². The van der Waals surface area contributed by atoms with E-state index in [1.165, 1.54) is 47.4 Å². The maximum Gasteiger partial charge on any atom is 0.414 e. The van der Waals surface area contributed by atoms with Gasteiger partial charge < -0.3 is 19.7 Å². The number of nitrogens with zero attached hydrogens (tertiary/aromatic N) is 3. The van der Waals surface area contributed by atoms with Gasteiger partial charge in [-0.3, -0.25) is 19.8 Å². The third-order valence-corrected chi connectivity index (χ3v) is 5.50. The third kappa shape index (κ3) is 5.49. The molecule has 2 fully saturated rings. The minimum absolute atomic E-state index is 0.0372. The van der Waals surface area contributed by atoms with Crippen molar-refractivity contribution in [2.45, 2.75) is 6.10 Å². The van der Waals surface area contributed by atoms with Crippen molar-refractivity contribution in [2.24, 2.45) is 0 Å². The van der Waals surface area contributed by atoms with Gasteiger partial charge in [0.05, 0.1) is 42.6 Å². The van der Waals surface area contributed by atoms with E-state index in [-0.39, 0.29) is 18.8 Å². The molecule has 2 aliphatic heterocycles. The van der Waals surface area contributed by atoms with E-state index in [2.05, 4.69) is 5.32 Å². The predicted molar refractivity (Wildman–Crippen MR) is 122 cm³/mol. The van der Waals surface area contributed by atoms with Gasteiger partial charge in [-0.25, -0.2) is 9.18 Å². The number of hydrogen-bond acceptors (Lipinski definition) is 7. The van der Waals surface area contributed by atoms with Crippen molar-refractivity contribution in [3.63, 3.8) is 0 Å². The summed E-state index contributed by atoms with van der Waals surface area (Å²) in [5.41, 5.74) is 1.43. The molecule has 11 heteroatoms. The summed E-state index contributed by atoms with van der Waals surface area (Å²) in [6, 6.07) is 10.4. The van der Waals surface area contributed by atoms with Crippen molar-refractivity contribution in [2.75, 3.05) is 49.2 Å². The molecule has 0 radical (unpaired) electrons. The highest BCUT2D eigenvalue weighted by atomic mass is 19.1. The summed E-state index contributed by atoms with van der Waals surface area (Å²) in [7, 11) is 0. The first-order valence-electron chi connectivity index (χ1n) is 10.7. The van der Waals surface area contributed by atoms with E-state index in [1.54, 1.807) is 12.1 Å². The first-order valence-corrected chi connectivity index (χ1v) is 10.7. The van der Waals surface area contributed by atoms with Gasteiger partial charge in [0.25, 0.3) is 5.69 Å². The monoisotopic (exact) mass is 470 g/mol. The molecule has 2 aromatic rings. The molecule has 1 atom stereocenters. The number of cyclic esters (lactones) is 1. The first-order chi connectivity index (χ1) is 16.4. The molecule has 0 spiro atoms. The number of nitrogens with one attached hydrogen (secondary N) is 1. The largest absolute Gasteiger partial charge is 0.442 e.